The summed E-state index contributed by atoms with van der Waals surface area (Å²) in [6, 6.07) is 5.72. The molecule has 5 nitrogen and oxygen atoms in total. The van der Waals surface area contributed by atoms with Crippen LogP contribution in [0.3, 0.4) is 0 Å². The SMILES string of the molecule is CCCn1ncc(NCc2ccccn2)c(Br)c1=O. The molecule has 100 valence electrons. The highest BCUT2D eigenvalue weighted by Crippen LogP contribution is 2.16. The summed E-state index contributed by atoms with van der Waals surface area (Å²) < 4.78 is 1.96. The van der Waals surface area contributed by atoms with E-state index in [-0.39, 0.29) is 5.56 Å². The van der Waals surface area contributed by atoms with E-state index in [4.69, 9.17) is 0 Å². The van der Waals surface area contributed by atoms with Gasteiger partial charge in [-0.25, -0.2) is 4.68 Å². The highest BCUT2D eigenvalue weighted by Gasteiger charge is 2.08. The van der Waals surface area contributed by atoms with Crippen LogP contribution in [-0.4, -0.2) is 14.8 Å². The monoisotopic (exact) mass is 322 g/mol. The lowest BCUT2D eigenvalue weighted by Gasteiger charge is -2.09. The number of nitrogens with one attached hydrogen (secondary N) is 1. The Morgan fingerprint density at radius 2 is 2.26 bits per heavy atom. The minimum Gasteiger partial charge on any atom is -0.377 e. The van der Waals surface area contributed by atoms with E-state index in [2.05, 4.69) is 31.3 Å². The number of aromatic nitrogens is 3. The molecule has 0 aliphatic rings. The topological polar surface area (TPSA) is 59.8 Å². The van der Waals surface area contributed by atoms with E-state index in [0.717, 1.165) is 12.1 Å². The third-order valence-corrected chi connectivity index (χ3v) is 3.37. The molecule has 0 fully saturated rings. The molecule has 2 aromatic rings. The second-order valence-electron chi connectivity index (χ2n) is 4.08. The predicted molar refractivity (Wildman–Crippen MR) is 78.1 cm³/mol. The molecule has 2 rings (SSSR count). The molecule has 0 aliphatic carbocycles. The minimum atomic E-state index is -0.118. The first-order valence-corrected chi connectivity index (χ1v) is 6.91. The molecule has 0 bridgehead atoms. The van der Waals surface area contributed by atoms with Gasteiger partial charge in [0, 0.05) is 12.7 Å². The number of anilines is 1. The number of hydrogen-bond donors (Lipinski definition) is 1. The van der Waals surface area contributed by atoms with Crippen molar-refractivity contribution in [2.45, 2.75) is 26.4 Å². The van der Waals surface area contributed by atoms with E-state index in [9.17, 15) is 4.79 Å². The van der Waals surface area contributed by atoms with Gasteiger partial charge in [0.05, 0.1) is 24.1 Å². The Morgan fingerprint density at radius 1 is 1.42 bits per heavy atom. The summed E-state index contributed by atoms with van der Waals surface area (Å²) in [7, 11) is 0. The first-order valence-electron chi connectivity index (χ1n) is 6.11. The van der Waals surface area contributed by atoms with Crippen molar-refractivity contribution in [3.63, 3.8) is 0 Å². The molecule has 1 N–H and O–H groups in total. The van der Waals surface area contributed by atoms with Crippen LogP contribution in [0.15, 0.2) is 39.9 Å². The van der Waals surface area contributed by atoms with Crippen LogP contribution in [0.4, 0.5) is 5.69 Å². The summed E-state index contributed by atoms with van der Waals surface area (Å²) in [6.07, 6.45) is 4.27. The second kappa shape index (κ2) is 6.47. The van der Waals surface area contributed by atoms with E-state index >= 15 is 0 Å². The molecule has 2 aromatic heterocycles. The maximum Gasteiger partial charge on any atom is 0.283 e. The van der Waals surface area contributed by atoms with E-state index in [1.165, 1.54) is 4.68 Å². The standard InChI is InChI=1S/C13H15BrN4O/c1-2-7-18-13(19)12(14)11(9-17-18)16-8-10-5-3-4-6-15-10/h3-6,9,16H,2,7-8H2,1H3. The van der Waals surface area contributed by atoms with Crippen LogP contribution in [0.1, 0.15) is 19.0 Å². The Kier molecular flexibility index (Phi) is 4.68. The number of aryl methyl sites for hydroxylation is 1. The normalized spacial score (nSPS) is 10.4. The van der Waals surface area contributed by atoms with Crippen molar-refractivity contribution in [2.24, 2.45) is 0 Å². The van der Waals surface area contributed by atoms with Gasteiger partial charge < -0.3 is 5.32 Å². The maximum absolute atomic E-state index is 12.0. The summed E-state index contributed by atoms with van der Waals surface area (Å²) in [5, 5.41) is 7.29. The molecule has 2 heterocycles. The Balaban J connectivity index is 2.13. The minimum absolute atomic E-state index is 0.118. The summed E-state index contributed by atoms with van der Waals surface area (Å²) in [6.45, 7) is 3.19. The molecule has 0 spiro atoms. The van der Waals surface area contributed by atoms with Gasteiger partial charge in [0.15, 0.2) is 0 Å². The molecule has 0 aliphatic heterocycles. The van der Waals surface area contributed by atoms with Gasteiger partial charge in [-0.05, 0) is 34.5 Å². The fraction of sp³-hybridized carbons (Fsp3) is 0.308. The van der Waals surface area contributed by atoms with Gasteiger partial charge in [0.1, 0.15) is 4.47 Å². The number of rotatable bonds is 5. The quantitative estimate of drug-likeness (QED) is 0.918. The molecule has 0 saturated heterocycles. The van der Waals surface area contributed by atoms with E-state index in [1.807, 2.05) is 25.1 Å². The Morgan fingerprint density at radius 3 is 2.95 bits per heavy atom. The molecule has 0 aromatic carbocycles. The fourth-order valence-electron chi connectivity index (χ4n) is 1.65. The zero-order chi connectivity index (χ0) is 13.7. The second-order valence-corrected chi connectivity index (χ2v) is 4.87. The van der Waals surface area contributed by atoms with Crippen molar-refractivity contribution in [2.75, 3.05) is 5.32 Å². The summed E-state index contributed by atoms with van der Waals surface area (Å²) in [5.74, 6) is 0. The molecular weight excluding hydrogens is 308 g/mol. The Bertz CT molecular complexity index is 597. The summed E-state index contributed by atoms with van der Waals surface area (Å²) in [4.78, 5) is 16.2. The molecule has 0 saturated carbocycles. The van der Waals surface area contributed by atoms with Crippen molar-refractivity contribution in [1.29, 1.82) is 0 Å². The fourth-order valence-corrected chi connectivity index (χ4v) is 2.10. The average molecular weight is 323 g/mol. The highest BCUT2D eigenvalue weighted by molar-refractivity contribution is 9.10. The first-order chi connectivity index (χ1) is 9.22. The number of pyridine rings is 1. The van der Waals surface area contributed by atoms with Crippen molar-refractivity contribution < 1.29 is 0 Å². The average Bonchev–Trinajstić information content (AvgIpc) is 2.44. The highest BCUT2D eigenvalue weighted by atomic mass is 79.9. The van der Waals surface area contributed by atoms with Crippen LogP contribution in [0.25, 0.3) is 0 Å². The van der Waals surface area contributed by atoms with Crippen LogP contribution in [0.5, 0.6) is 0 Å². The van der Waals surface area contributed by atoms with Gasteiger partial charge >= 0.3 is 0 Å². The largest absolute Gasteiger partial charge is 0.377 e. The number of halogens is 1. The summed E-state index contributed by atoms with van der Waals surface area (Å²) in [5.41, 5.74) is 1.48. The van der Waals surface area contributed by atoms with Crippen molar-refractivity contribution in [3.8, 4) is 0 Å². The van der Waals surface area contributed by atoms with Crippen molar-refractivity contribution in [3.05, 3.63) is 51.1 Å². The van der Waals surface area contributed by atoms with E-state index in [0.29, 0.717) is 23.2 Å². The van der Waals surface area contributed by atoms with E-state index < -0.39 is 0 Å². The number of hydrogen-bond acceptors (Lipinski definition) is 4. The molecule has 0 unspecified atom stereocenters. The maximum atomic E-state index is 12.0. The third kappa shape index (κ3) is 3.41. The zero-order valence-electron chi connectivity index (χ0n) is 10.6. The smallest absolute Gasteiger partial charge is 0.283 e. The zero-order valence-corrected chi connectivity index (χ0v) is 12.2. The third-order valence-electron chi connectivity index (χ3n) is 2.61. The van der Waals surface area contributed by atoms with Crippen molar-refractivity contribution >= 4 is 21.6 Å². The van der Waals surface area contributed by atoms with Crippen LogP contribution < -0.4 is 10.9 Å². The first kappa shape index (κ1) is 13.7. The van der Waals surface area contributed by atoms with Crippen LogP contribution in [0.2, 0.25) is 0 Å². The predicted octanol–water partition coefficient (Wildman–Crippen LogP) is 2.42. The van der Waals surface area contributed by atoms with Crippen molar-refractivity contribution in [1.82, 2.24) is 14.8 Å². The molecule has 19 heavy (non-hydrogen) atoms. The molecular formula is C13H15BrN4O. The van der Waals surface area contributed by atoms with Gasteiger partial charge in [-0.1, -0.05) is 13.0 Å². The van der Waals surface area contributed by atoms with Gasteiger partial charge in [0.2, 0.25) is 0 Å². The van der Waals surface area contributed by atoms with Gasteiger partial charge in [-0.15, -0.1) is 0 Å². The van der Waals surface area contributed by atoms with E-state index in [1.54, 1.807) is 12.4 Å². The van der Waals surface area contributed by atoms with Gasteiger partial charge in [-0.2, -0.15) is 5.10 Å². The van der Waals surface area contributed by atoms with Gasteiger partial charge in [0.25, 0.3) is 5.56 Å². The molecule has 0 atom stereocenters. The van der Waals surface area contributed by atoms with Gasteiger partial charge in [-0.3, -0.25) is 9.78 Å². The lowest BCUT2D eigenvalue weighted by atomic mass is 10.3. The Hall–Kier alpha value is -1.69. The van der Waals surface area contributed by atoms with Crippen LogP contribution in [0, 0.1) is 0 Å². The Labute approximate surface area is 119 Å². The summed E-state index contributed by atoms with van der Waals surface area (Å²) >= 11 is 3.32. The van der Waals surface area contributed by atoms with Crippen LogP contribution >= 0.6 is 15.9 Å². The molecule has 6 heteroatoms. The van der Waals surface area contributed by atoms with Crippen LogP contribution in [-0.2, 0) is 13.1 Å². The molecule has 0 radical (unpaired) electrons. The lowest BCUT2D eigenvalue weighted by Crippen LogP contribution is -2.24. The lowest BCUT2D eigenvalue weighted by molar-refractivity contribution is 0.566. The number of nitrogens with zero attached hydrogens (tertiary/aromatic N) is 3. The molecule has 0 amide bonds.